The summed E-state index contributed by atoms with van der Waals surface area (Å²) < 4.78 is 37.8. The van der Waals surface area contributed by atoms with Gasteiger partial charge >= 0.3 is 0 Å². The van der Waals surface area contributed by atoms with Gasteiger partial charge in [0.25, 0.3) is 0 Å². The van der Waals surface area contributed by atoms with Crippen LogP contribution in [0.1, 0.15) is 57.4 Å². The maximum Gasteiger partial charge on any atom is 0.242 e. The summed E-state index contributed by atoms with van der Waals surface area (Å²) in [6.45, 7) is 2.61. The lowest BCUT2D eigenvalue weighted by Gasteiger charge is -2.32. The van der Waals surface area contributed by atoms with Crippen LogP contribution in [-0.4, -0.2) is 63.2 Å². The number of fused-ring (bicyclic) bond motifs is 1. The molecule has 1 aliphatic carbocycles. The highest BCUT2D eigenvalue weighted by atomic mass is 35.5. The van der Waals surface area contributed by atoms with Crippen molar-refractivity contribution in [3.05, 3.63) is 52.0 Å². The van der Waals surface area contributed by atoms with E-state index in [9.17, 15) is 18.0 Å². The first-order chi connectivity index (χ1) is 19.5. The Morgan fingerprint density at radius 2 is 1.68 bits per heavy atom. The zero-order valence-electron chi connectivity index (χ0n) is 23.4. The number of benzene rings is 2. The summed E-state index contributed by atoms with van der Waals surface area (Å²) in [5.74, 6) is 0.488. The van der Waals surface area contributed by atoms with E-state index in [1.54, 1.807) is 43.3 Å². The molecular weight excluding hydrogens is 589 g/mol. The van der Waals surface area contributed by atoms with Gasteiger partial charge in [0, 0.05) is 47.2 Å². The number of carbonyl (C=O) groups is 2. The van der Waals surface area contributed by atoms with Gasteiger partial charge in [0.05, 0.1) is 11.9 Å². The van der Waals surface area contributed by atoms with Crippen LogP contribution in [0.25, 0.3) is 0 Å². The molecule has 0 spiro atoms. The Kier molecular flexibility index (Phi) is 10.7. The van der Waals surface area contributed by atoms with Crippen LogP contribution in [0.15, 0.2) is 36.4 Å². The van der Waals surface area contributed by atoms with Gasteiger partial charge < -0.3 is 19.7 Å². The molecule has 1 fully saturated rings. The molecule has 0 saturated heterocycles. The van der Waals surface area contributed by atoms with Gasteiger partial charge in [-0.3, -0.25) is 13.9 Å². The predicted octanol–water partition coefficient (Wildman–Crippen LogP) is 5.18. The number of hydrogen-bond acceptors (Lipinski definition) is 6. The monoisotopic (exact) mass is 625 g/mol. The highest BCUT2D eigenvalue weighted by Crippen LogP contribution is 2.35. The van der Waals surface area contributed by atoms with Crippen molar-refractivity contribution in [2.75, 3.05) is 30.3 Å². The second-order valence-corrected chi connectivity index (χ2v) is 13.2. The van der Waals surface area contributed by atoms with Gasteiger partial charge in [-0.05, 0) is 50.5 Å². The van der Waals surface area contributed by atoms with E-state index in [4.69, 9.17) is 32.7 Å². The molecule has 41 heavy (non-hydrogen) atoms. The topological polar surface area (TPSA) is 105 Å². The van der Waals surface area contributed by atoms with E-state index in [2.05, 4.69) is 5.32 Å². The van der Waals surface area contributed by atoms with Crippen molar-refractivity contribution in [1.82, 2.24) is 10.2 Å². The number of nitrogens with zero attached hydrogens (tertiary/aromatic N) is 2. The molecule has 1 atom stereocenters. The fraction of sp³-hybridized carbons (Fsp3) is 0.517. The average molecular weight is 627 g/mol. The van der Waals surface area contributed by atoms with E-state index in [0.717, 1.165) is 38.4 Å². The van der Waals surface area contributed by atoms with E-state index in [0.29, 0.717) is 46.0 Å². The van der Waals surface area contributed by atoms with Gasteiger partial charge in [0.2, 0.25) is 21.8 Å². The summed E-state index contributed by atoms with van der Waals surface area (Å²) in [4.78, 5) is 28.3. The molecule has 1 aliphatic heterocycles. The lowest BCUT2D eigenvalue weighted by molar-refractivity contribution is -0.141. The molecule has 2 amide bonds. The number of hydrogen-bond donors (Lipinski definition) is 1. The Balaban J connectivity index is 1.48. The standard InChI is InChI=1S/C29H37Cl2N3O6S/c1-20(29(36)32-21-8-4-3-5-9-21)33(19-23-24(30)10-6-11-25(23)31)28(35)12-7-15-34(41(2,37)38)22-13-14-26-27(18-22)40-17-16-39-26/h6,10-11,13-14,18,20-21H,3-5,7-9,12,15-17,19H2,1-2H3,(H,32,36). The zero-order valence-corrected chi connectivity index (χ0v) is 25.7. The van der Waals surface area contributed by atoms with Crippen LogP contribution in [0, 0.1) is 0 Å². The summed E-state index contributed by atoms with van der Waals surface area (Å²) >= 11 is 12.8. The first kappa shape index (κ1) is 31.3. The summed E-state index contributed by atoms with van der Waals surface area (Å²) in [6.07, 6.45) is 6.50. The molecule has 1 N–H and O–H groups in total. The van der Waals surface area contributed by atoms with Gasteiger partial charge in [-0.15, -0.1) is 0 Å². The minimum Gasteiger partial charge on any atom is -0.486 e. The van der Waals surface area contributed by atoms with Gasteiger partial charge in [-0.25, -0.2) is 8.42 Å². The zero-order chi connectivity index (χ0) is 29.6. The molecule has 2 aromatic rings. The number of nitrogens with one attached hydrogen (secondary N) is 1. The summed E-state index contributed by atoms with van der Waals surface area (Å²) in [6, 6.07) is 9.37. The van der Waals surface area contributed by atoms with E-state index in [1.807, 2.05) is 0 Å². The largest absolute Gasteiger partial charge is 0.486 e. The average Bonchev–Trinajstić information content (AvgIpc) is 2.94. The molecular formula is C29H37Cl2N3O6S. The van der Waals surface area contributed by atoms with E-state index < -0.39 is 16.1 Å². The number of rotatable bonds is 11. The number of ether oxygens (including phenoxy) is 2. The van der Waals surface area contributed by atoms with E-state index in [1.165, 1.54) is 9.21 Å². The Hall–Kier alpha value is -2.69. The van der Waals surface area contributed by atoms with Crippen LogP contribution >= 0.6 is 23.2 Å². The van der Waals surface area contributed by atoms with Crippen molar-refractivity contribution in [2.45, 2.75) is 70.5 Å². The molecule has 1 saturated carbocycles. The third kappa shape index (κ3) is 8.20. The van der Waals surface area contributed by atoms with Gasteiger partial charge in [-0.1, -0.05) is 48.5 Å². The summed E-state index contributed by atoms with van der Waals surface area (Å²) in [7, 11) is -3.66. The lowest BCUT2D eigenvalue weighted by Crippen LogP contribution is -2.50. The number of halogens is 2. The minimum absolute atomic E-state index is 0.0136. The van der Waals surface area contributed by atoms with E-state index >= 15 is 0 Å². The van der Waals surface area contributed by atoms with E-state index in [-0.39, 0.29) is 43.8 Å². The van der Waals surface area contributed by atoms with Crippen LogP contribution in [0.2, 0.25) is 10.0 Å². The number of anilines is 1. The van der Waals surface area contributed by atoms with Crippen molar-refractivity contribution < 1.29 is 27.5 Å². The number of sulfonamides is 1. The summed E-state index contributed by atoms with van der Waals surface area (Å²) in [5.41, 5.74) is 0.972. The number of carbonyl (C=O) groups excluding carboxylic acids is 2. The quantitative estimate of drug-likeness (QED) is 0.369. The molecule has 0 aromatic heterocycles. The van der Waals surface area contributed by atoms with Crippen molar-refractivity contribution >= 4 is 50.7 Å². The van der Waals surface area contributed by atoms with Crippen molar-refractivity contribution in [1.29, 1.82) is 0 Å². The molecule has 2 aliphatic rings. The fourth-order valence-electron chi connectivity index (χ4n) is 5.20. The Morgan fingerprint density at radius 3 is 2.34 bits per heavy atom. The first-order valence-electron chi connectivity index (χ1n) is 13.9. The van der Waals surface area contributed by atoms with Gasteiger partial charge in [-0.2, -0.15) is 0 Å². The third-order valence-corrected chi connectivity index (χ3v) is 9.38. The third-order valence-electron chi connectivity index (χ3n) is 7.47. The molecule has 0 radical (unpaired) electrons. The second-order valence-electron chi connectivity index (χ2n) is 10.5. The van der Waals surface area contributed by atoms with Crippen molar-refractivity contribution in [2.24, 2.45) is 0 Å². The van der Waals surface area contributed by atoms with Crippen LogP contribution in [0.5, 0.6) is 11.5 Å². The SMILES string of the molecule is CC(C(=O)NC1CCCCC1)N(Cc1c(Cl)cccc1Cl)C(=O)CCCN(c1ccc2c(c1)OCCO2)S(C)(=O)=O. The van der Waals surface area contributed by atoms with Gasteiger partial charge in [0.15, 0.2) is 11.5 Å². The Bertz CT molecular complexity index is 1330. The van der Waals surface area contributed by atoms with Crippen LogP contribution < -0.4 is 19.1 Å². The molecule has 1 heterocycles. The second kappa shape index (κ2) is 14.0. The maximum atomic E-state index is 13.6. The molecule has 2 aromatic carbocycles. The molecule has 1 unspecified atom stereocenters. The minimum atomic E-state index is -3.66. The van der Waals surface area contributed by atoms with Crippen molar-refractivity contribution in [3.63, 3.8) is 0 Å². The molecule has 12 heteroatoms. The normalized spacial score (nSPS) is 16.1. The summed E-state index contributed by atoms with van der Waals surface area (Å²) in [5, 5.41) is 3.90. The predicted molar refractivity (Wildman–Crippen MR) is 160 cm³/mol. The smallest absolute Gasteiger partial charge is 0.242 e. The maximum absolute atomic E-state index is 13.6. The molecule has 9 nitrogen and oxygen atoms in total. The highest BCUT2D eigenvalue weighted by molar-refractivity contribution is 7.92. The van der Waals surface area contributed by atoms with Gasteiger partial charge in [0.1, 0.15) is 19.3 Å². The molecule has 224 valence electrons. The fourth-order valence-corrected chi connectivity index (χ4v) is 6.67. The number of amides is 2. The molecule has 4 rings (SSSR count). The first-order valence-corrected chi connectivity index (χ1v) is 16.5. The Morgan fingerprint density at radius 1 is 1.02 bits per heavy atom. The molecule has 0 bridgehead atoms. The van der Waals surface area contributed by atoms with Crippen LogP contribution in [0.3, 0.4) is 0 Å². The van der Waals surface area contributed by atoms with Crippen LogP contribution in [0.4, 0.5) is 5.69 Å². The lowest BCUT2D eigenvalue weighted by atomic mass is 9.95. The Labute approximate surface area is 252 Å². The van der Waals surface area contributed by atoms with Crippen molar-refractivity contribution in [3.8, 4) is 11.5 Å². The highest BCUT2D eigenvalue weighted by Gasteiger charge is 2.29. The van der Waals surface area contributed by atoms with Crippen LogP contribution in [-0.2, 0) is 26.2 Å².